The normalized spacial score (nSPS) is 22.2. The molecule has 1 amide bonds. The number of aliphatic carboxylic acids is 1. The number of benzene rings is 1. The molecule has 0 unspecified atom stereocenters. The van der Waals surface area contributed by atoms with Crippen LogP contribution in [0.4, 0.5) is 4.79 Å². The van der Waals surface area contributed by atoms with Gasteiger partial charge in [-0.25, -0.2) is 9.59 Å². The summed E-state index contributed by atoms with van der Waals surface area (Å²) in [5, 5.41) is 11.8. The lowest BCUT2D eigenvalue weighted by Crippen LogP contribution is -2.45. The molecule has 0 aromatic heterocycles. The first-order valence-corrected chi connectivity index (χ1v) is 7.05. The first-order valence-electron chi connectivity index (χ1n) is 7.05. The van der Waals surface area contributed by atoms with Gasteiger partial charge in [-0.05, 0) is 44.6 Å². The lowest BCUT2D eigenvalue weighted by atomic mass is 10.1. The van der Waals surface area contributed by atoms with Crippen LogP contribution >= 0.6 is 0 Å². The Hall–Kier alpha value is -2.04. The summed E-state index contributed by atoms with van der Waals surface area (Å²) in [6, 6.07) is 8.84. The third-order valence-electron chi connectivity index (χ3n) is 3.43. The van der Waals surface area contributed by atoms with Crippen molar-refractivity contribution in [2.75, 3.05) is 0 Å². The number of amides is 1. The number of rotatable bonds is 4. The minimum atomic E-state index is -1.02. The fourth-order valence-electron chi connectivity index (χ4n) is 2.45. The Balaban J connectivity index is 1.99. The average molecular weight is 291 g/mol. The molecule has 3 atom stereocenters. The molecule has 1 saturated carbocycles. The smallest absolute Gasteiger partial charge is 0.408 e. The second-order valence-electron chi connectivity index (χ2n) is 6.38. The van der Waals surface area contributed by atoms with Crippen molar-refractivity contribution in [2.24, 2.45) is 5.92 Å². The summed E-state index contributed by atoms with van der Waals surface area (Å²) in [4.78, 5) is 23.1. The number of alkyl carbamates (subject to hydrolysis) is 1. The summed E-state index contributed by atoms with van der Waals surface area (Å²) < 4.78 is 5.12. The van der Waals surface area contributed by atoms with Gasteiger partial charge in [0.1, 0.15) is 11.6 Å². The Kier molecular flexibility index (Phi) is 4.21. The average Bonchev–Trinajstić information content (AvgIpc) is 3.14. The SMILES string of the molecule is CC(C)(C)OC(=O)N[C@H](C(=O)O)[C@@H]1C[C@H]1c1ccccc1. The number of hydrogen-bond donors (Lipinski definition) is 2. The van der Waals surface area contributed by atoms with E-state index >= 15 is 0 Å². The van der Waals surface area contributed by atoms with Gasteiger partial charge in [-0.1, -0.05) is 30.3 Å². The molecule has 2 rings (SSSR count). The second kappa shape index (κ2) is 5.76. The van der Waals surface area contributed by atoms with Gasteiger partial charge in [0.15, 0.2) is 0 Å². The molecule has 0 bridgehead atoms. The topological polar surface area (TPSA) is 75.6 Å². The van der Waals surface area contributed by atoms with Crippen LogP contribution in [-0.2, 0) is 9.53 Å². The molecule has 21 heavy (non-hydrogen) atoms. The first-order chi connectivity index (χ1) is 9.78. The van der Waals surface area contributed by atoms with Gasteiger partial charge in [0.2, 0.25) is 0 Å². The zero-order valence-corrected chi connectivity index (χ0v) is 12.5. The Morgan fingerprint density at radius 2 is 1.90 bits per heavy atom. The summed E-state index contributed by atoms with van der Waals surface area (Å²) in [6.07, 6.45) is 0.0742. The van der Waals surface area contributed by atoms with Crippen molar-refractivity contribution in [2.45, 2.75) is 44.8 Å². The van der Waals surface area contributed by atoms with Crippen LogP contribution in [0.15, 0.2) is 30.3 Å². The molecule has 1 fully saturated rings. The van der Waals surface area contributed by atoms with Crippen molar-refractivity contribution >= 4 is 12.1 Å². The van der Waals surface area contributed by atoms with Gasteiger partial charge in [-0.15, -0.1) is 0 Å². The molecular formula is C16H21NO4. The van der Waals surface area contributed by atoms with Gasteiger partial charge in [0.05, 0.1) is 0 Å². The molecule has 2 N–H and O–H groups in total. The molecule has 1 aliphatic carbocycles. The van der Waals surface area contributed by atoms with Crippen LogP contribution in [0, 0.1) is 5.92 Å². The number of ether oxygens (including phenoxy) is 1. The fraction of sp³-hybridized carbons (Fsp3) is 0.500. The van der Waals surface area contributed by atoms with Gasteiger partial charge in [0.25, 0.3) is 0 Å². The van der Waals surface area contributed by atoms with Crippen LogP contribution < -0.4 is 5.32 Å². The first kappa shape index (κ1) is 15.4. The maximum atomic E-state index is 11.8. The lowest BCUT2D eigenvalue weighted by molar-refractivity contribution is -0.140. The van der Waals surface area contributed by atoms with Crippen LogP contribution in [0.3, 0.4) is 0 Å². The fourth-order valence-corrected chi connectivity index (χ4v) is 2.45. The third kappa shape index (κ3) is 4.21. The number of carboxylic acid groups (broad SMARTS) is 1. The molecule has 1 aromatic carbocycles. The Morgan fingerprint density at radius 1 is 1.29 bits per heavy atom. The standard InChI is InChI=1S/C16H21NO4/c1-16(2,3)21-15(20)17-13(14(18)19)12-9-11(12)10-7-5-4-6-8-10/h4-8,11-13H,9H2,1-3H3,(H,17,20)(H,18,19)/t11-,12+,13-/m0/s1. The Bertz CT molecular complexity index is 521. The molecule has 0 saturated heterocycles. The number of carboxylic acids is 1. The van der Waals surface area contributed by atoms with E-state index in [4.69, 9.17) is 4.74 Å². The zero-order chi connectivity index (χ0) is 15.6. The molecule has 0 spiro atoms. The highest BCUT2D eigenvalue weighted by Gasteiger charge is 2.48. The van der Waals surface area contributed by atoms with E-state index in [9.17, 15) is 14.7 Å². The van der Waals surface area contributed by atoms with Crippen molar-refractivity contribution in [1.82, 2.24) is 5.32 Å². The summed E-state index contributed by atoms with van der Waals surface area (Å²) in [7, 11) is 0. The van der Waals surface area contributed by atoms with Gasteiger partial charge in [0, 0.05) is 0 Å². The van der Waals surface area contributed by atoms with E-state index in [-0.39, 0.29) is 11.8 Å². The molecule has 1 aliphatic rings. The van der Waals surface area contributed by atoms with Gasteiger partial charge >= 0.3 is 12.1 Å². The Labute approximate surface area is 124 Å². The van der Waals surface area contributed by atoms with E-state index in [0.717, 1.165) is 12.0 Å². The predicted molar refractivity (Wildman–Crippen MR) is 78.1 cm³/mol. The number of carbonyl (C=O) groups is 2. The van der Waals surface area contributed by atoms with Crippen LogP contribution in [0.5, 0.6) is 0 Å². The van der Waals surface area contributed by atoms with Gasteiger partial charge in [-0.3, -0.25) is 0 Å². The van der Waals surface area contributed by atoms with Gasteiger partial charge in [-0.2, -0.15) is 0 Å². The van der Waals surface area contributed by atoms with Crippen molar-refractivity contribution in [3.8, 4) is 0 Å². The summed E-state index contributed by atoms with van der Waals surface area (Å²) in [5.41, 5.74) is 0.468. The molecule has 5 nitrogen and oxygen atoms in total. The highest BCUT2D eigenvalue weighted by molar-refractivity contribution is 5.81. The maximum absolute atomic E-state index is 11.8. The summed E-state index contributed by atoms with van der Waals surface area (Å²) in [5.74, 6) is -0.927. The van der Waals surface area contributed by atoms with E-state index in [1.165, 1.54) is 0 Å². The monoisotopic (exact) mass is 291 g/mol. The Morgan fingerprint density at radius 3 is 2.43 bits per heavy atom. The quantitative estimate of drug-likeness (QED) is 0.894. The third-order valence-corrected chi connectivity index (χ3v) is 3.43. The molecule has 0 heterocycles. The maximum Gasteiger partial charge on any atom is 0.408 e. The lowest BCUT2D eigenvalue weighted by Gasteiger charge is -2.22. The predicted octanol–water partition coefficient (Wildman–Crippen LogP) is 2.77. The molecule has 0 aliphatic heterocycles. The van der Waals surface area contributed by atoms with E-state index in [1.807, 2.05) is 30.3 Å². The van der Waals surface area contributed by atoms with Crippen LogP contribution in [0.1, 0.15) is 38.7 Å². The number of nitrogens with one attached hydrogen (secondary N) is 1. The van der Waals surface area contributed by atoms with Gasteiger partial charge < -0.3 is 15.2 Å². The van der Waals surface area contributed by atoms with Crippen LogP contribution in [0.25, 0.3) is 0 Å². The molecule has 114 valence electrons. The largest absolute Gasteiger partial charge is 0.480 e. The minimum Gasteiger partial charge on any atom is -0.480 e. The van der Waals surface area contributed by atoms with Crippen LogP contribution in [-0.4, -0.2) is 28.8 Å². The zero-order valence-electron chi connectivity index (χ0n) is 12.5. The van der Waals surface area contributed by atoms with Crippen LogP contribution in [0.2, 0.25) is 0 Å². The number of carbonyl (C=O) groups excluding carboxylic acids is 1. The van der Waals surface area contributed by atoms with Crippen molar-refractivity contribution in [1.29, 1.82) is 0 Å². The molecular weight excluding hydrogens is 270 g/mol. The summed E-state index contributed by atoms with van der Waals surface area (Å²) in [6.45, 7) is 5.23. The van der Waals surface area contributed by atoms with E-state index < -0.39 is 23.7 Å². The highest BCUT2D eigenvalue weighted by atomic mass is 16.6. The van der Waals surface area contributed by atoms with E-state index in [1.54, 1.807) is 20.8 Å². The number of hydrogen-bond acceptors (Lipinski definition) is 3. The van der Waals surface area contributed by atoms with Crippen molar-refractivity contribution < 1.29 is 19.4 Å². The highest BCUT2D eigenvalue weighted by Crippen LogP contribution is 2.49. The second-order valence-corrected chi connectivity index (χ2v) is 6.38. The van der Waals surface area contributed by atoms with Crippen molar-refractivity contribution in [3.05, 3.63) is 35.9 Å². The minimum absolute atomic E-state index is 0.0857. The van der Waals surface area contributed by atoms with E-state index in [0.29, 0.717) is 0 Å². The molecule has 0 radical (unpaired) electrons. The molecule has 1 aromatic rings. The summed E-state index contributed by atoms with van der Waals surface area (Å²) >= 11 is 0. The van der Waals surface area contributed by atoms with E-state index in [2.05, 4.69) is 5.32 Å². The molecule has 5 heteroatoms. The van der Waals surface area contributed by atoms with Crippen molar-refractivity contribution in [3.63, 3.8) is 0 Å².